The second-order valence-electron chi connectivity index (χ2n) is 4.00. The van der Waals surface area contributed by atoms with Gasteiger partial charge >= 0.3 is 0 Å². The summed E-state index contributed by atoms with van der Waals surface area (Å²) in [6.45, 7) is 0. The standard InChI is InChI=1S/C13H12N6S/c14-11-16-12(19-8-4-7-15-19)18-13(17-11)20-9-10-5-2-1-3-6-10/h1-8H,9H2,(H2,14,16,17,18). The lowest BCUT2D eigenvalue weighted by molar-refractivity contribution is 0.764. The number of rotatable bonds is 4. The van der Waals surface area contributed by atoms with E-state index in [1.165, 1.54) is 17.3 Å². The summed E-state index contributed by atoms with van der Waals surface area (Å²) in [7, 11) is 0. The third-order valence-corrected chi connectivity index (χ3v) is 3.46. The Morgan fingerprint density at radius 2 is 1.90 bits per heavy atom. The van der Waals surface area contributed by atoms with E-state index in [1.54, 1.807) is 23.1 Å². The van der Waals surface area contributed by atoms with Gasteiger partial charge in [-0.3, -0.25) is 0 Å². The minimum Gasteiger partial charge on any atom is -0.368 e. The van der Waals surface area contributed by atoms with E-state index in [2.05, 4.69) is 32.2 Å². The average molecular weight is 284 g/mol. The number of nitrogen functional groups attached to an aromatic ring is 1. The van der Waals surface area contributed by atoms with Crippen LogP contribution in [0.2, 0.25) is 0 Å². The van der Waals surface area contributed by atoms with Crippen molar-refractivity contribution in [3.63, 3.8) is 0 Å². The minimum atomic E-state index is 0.195. The zero-order valence-corrected chi connectivity index (χ0v) is 11.4. The van der Waals surface area contributed by atoms with Gasteiger partial charge in [0.2, 0.25) is 5.95 Å². The molecule has 2 N–H and O–H groups in total. The van der Waals surface area contributed by atoms with Crippen LogP contribution in [0.5, 0.6) is 0 Å². The van der Waals surface area contributed by atoms with E-state index in [1.807, 2.05) is 18.2 Å². The van der Waals surface area contributed by atoms with Gasteiger partial charge in [0, 0.05) is 18.1 Å². The topological polar surface area (TPSA) is 82.5 Å². The van der Waals surface area contributed by atoms with Crippen LogP contribution in [0.1, 0.15) is 5.56 Å². The van der Waals surface area contributed by atoms with Crippen LogP contribution in [0.4, 0.5) is 5.95 Å². The van der Waals surface area contributed by atoms with Crippen molar-refractivity contribution in [2.24, 2.45) is 0 Å². The molecule has 6 nitrogen and oxygen atoms in total. The summed E-state index contributed by atoms with van der Waals surface area (Å²) in [4.78, 5) is 12.6. The molecule has 0 aliphatic rings. The molecule has 3 rings (SSSR count). The number of aromatic nitrogens is 5. The Hall–Kier alpha value is -2.41. The van der Waals surface area contributed by atoms with Crippen molar-refractivity contribution in [1.82, 2.24) is 24.7 Å². The van der Waals surface area contributed by atoms with Gasteiger partial charge in [-0.15, -0.1) is 0 Å². The number of nitrogens with zero attached hydrogens (tertiary/aromatic N) is 5. The second-order valence-corrected chi connectivity index (χ2v) is 4.94. The maximum absolute atomic E-state index is 5.72. The summed E-state index contributed by atoms with van der Waals surface area (Å²) in [6, 6.07) is 11.9. The highest BCUT2D eigenvalue weighted by Gasteiger charge is 2.07. The fourth-order valence-corrected chi connectivity index (χ4v) is 2.43. The molecular weight excluding hydrogens is 272 g/mol. The number of anilines is 1. The summed E-state index contributed by atoms with van der Waals surface area (Å²) in [5.41, 5.74) is 6.92. The molecule has 0 atom stereocenters. The average Bonchev–Trinajstić information content (AvgIpc) is 3.00. The van der Waals surface area contributed by atoms with Crippen molar-refractivity contribution >= 4 is 17.7 Å². The van der Waals surface area contributed by atoms with E-state index in [4.69, 9.17) is 5.73 Å². The van der Waals surface area contributed by atoms with Crippen LogP contribution in [0, 0.1) is 0 Å². The van der Waals surface area contributed by atoms with Crippen molar-refractivity contribution in [3.8, 4) is 5.95 Å². The number of nitrogens with two attached hydrogens (primary N) is 1. The number of hydrogen-bond acceptors (Lipinski definition) is 6. The Bertz CT molecular complexity index is 683. The molecule has 1 aromatic carbocycles. The third kappa shape index (κ3) is 2.94. The van der Waals surface area contributed by atoms with Crippen molar-refractivity contribution in [1.29, 1.82) is 0 Å². The first-order valence-corrected chi connectivity index (χ1v) is 6.98. The second kappa shape index (κ2) is 5.70. The minimum absolute atomic E-state index is 0.195. The van der Waals surface area contributed by atoms with Gasteiger partial charge in [0.25, 0.3) is 5.95 Å². The normalized spacial score (nSPS) is 10.6. The highest BCUT2D eigenvalue weighted by Crippen LogP contribution is 2.20. The van der Waals surface area contributed by atoms with E-state index in [9.17, 15) is 0 Å². The Morgan fingerprint density at radius 3 is 2.65 bits per heavy atom. The first kappa shape index (κ1) is 12.6. The van der Waals surface area contributed by atoms with Crippen molar-refractivity contribution < 1.29 is 0 Å². The maximum Gasteiger partial charge on any atom is 0.256 e. The molecule has 2 heterocycles. The lowest BCUT2D eigenvalue weighted by atomic mass is 10.2. The molecule has 0 bridgehead atoms. The van der Waals surface area contributed by atoms with Gasteiger partial charge in [-0.25, -0.2) is 4.68 Å². The van der Waals surface area contributed by atoms with Crippen molar-refractivity contribution in [2.45, 2.75) is 10.9 Å². The Morgan fingerprint density at radius 1 is 1.05 bits per heavy atom. The molecule has 0 fully saturated rings. The fourth-order valence-electron chi connectivity index (χ4n) is 1.64. The molecular formula is C13H12N6S. The molecule has 20 heavy (non-hydrogen) atoms. The van der Waals surface area contributed by atoms with Crippen LogP contribution in [-0.4, -0.2) is 24.7 Å². The maximum atomic E-state index is 5.72. The van der Waals surface area contributed by atoms with Gasteiger partial charge in [0.15, 0.2) is 5.16 Å². The molecule has 0 amide bonds. The molecule has 3 aromatic rings. The van der Waals surface area contributed by atoms with E-state index in [0.717, 1.165) is 5.75 Å². The number of thioether (sulfide) groups is 1. The van der Waals surface area contributed by atoms with Crippen LogP contribution in [0.25, 0.3) is 5.95 Å². The van der Waals surface area contributed by atoms with Crippen molar-refractivity contribution in [3.05, 3.63) is 54.4 Å². The molecule has 2 aromatic heterocycles. The van der Waals surface area contributed by atoms with Crippen LogP contribution in [0.3, 0.4) is 0 Å². The summed E-state index contributed by atoms with van der Waals surface area (Å²) in [6.07, 6.45) is 3.43. The zero-order chi connectivity index (χ0) is 13.8. The van der Waals surface area contributed by atoms with E-state index in [0.29, 0.717) is 11.1 Å². The monoisotopic (exact) mass is 284 g/mol. The van der Waals surface area contributed by atoms with Crippen LogP contribution < -0.4 is 5.73 Å². The van der Waals surface area contributed by atoms with Gasteiger partial charge in [0.05, 0.1) is 0 Å². The van der Waals surface area contributed by atoms with E-state index in [-0.39, 0.29) is 5.95 Å². The predicted molar refractivity (Wildman–Crippen MR) is 77.4 cm³/mol. The van der Waals surface area contributed by atoms with E-state index >= 15 is 0 Å². The Kier molecular flexibility index (Phi) is 3.60. The third-order valence-electron chi connectivity index (χ3n) is 2.54. The highest BCUT2D eigenvalue weighted by atomic mass is 32.2. The summed E-state index contributed by atoms with van der Waals surface area (Å²) < 4.78 is 1.56. The first-order valence-electron chi connectivity index (χ1n) is 5.99. The largest absolute Gasteiger partial charge is 0.368 e. The van der Waals surface area contributed by atoms with E-state index < -0.39 is 0 Å². The van der Waals surface area contributed by atoms with Gasteiger partial charge in [0.1, 0.15) is 0 Å². The first-order chi connectivity index (χ1) is 9.81. The smallest absolute Gasteiger partial charge is 0.256 e. The fraction of sp³-hybridized carbons (Fsp3) is 0.0769. The molecule has 0 saturated heterocycles. The molecule has 0 aliphatic carbocycles. The molecule has 0 radical (unpaired) electrons. The lowest BCUT2D eigenvalue weighted by Crippen LogP contribution is -2.07. The van der Waals surface area contributed by atoms with Crippen molar-refractivity contribution in [2.75, 3.05) is 5.73 Å². The quantitative estimate of drug-likeness (QED) is 0.737. The highest BCUT2D eigenvalue weighted by molar-refractivity contribution is 7.98. The molecule has 7 heteroatoms. The molecule has 0 saturated carbocycles. The molecule has 0 aliphatic heterocycles. The Balaban J connectivity index is 1.80. The van der Waals surface area contributed by atoms with Crippen LogP contribution in [-0.2, 0) is 5.75 Å². The van der Waals surface area contributed by atoms with Crippen LogP contribution in [0.15, 0.2) is 53.9 Å². The lowest BCUT2D eigenvalue weighted by Gasteiger charge is -2.04. The van der Waals surface area contributed by atoms with Gasteiger partial charge < -0.3 is 5.73 Å². The number of hydrogen-bond donors (Lipinski definition) is 1. The molecule has 0 spiro atoms. The SMILES string of the molecule is Nc1nc(SCc2ccccc2)nc(-n2cccn2)n1. The molecule has 100 valence electrons. The molecule has 0 unspecified atom stereocenters. The number of benzene rings is 1. The summed E-state index contributed by atoms with van der Waals surface area (Å²) >= 11 is 1.52. The van der Waals surface area contributed by atoms with Gasteiger partial charge in [-0.2, -0.15) is 20.1 Å². The Labute approximate surface area is 120 Å². The summed E-state index contributed by atoms with van der Waals surface area (Å²) in [5, 5.41) is 4.68. The zero-order valence-electron chi connectivity index (χ0n) is 10.5. The van der Waals surface area contributed by atoms with Gasteiger partial charge in [-0.1, -0.05) is 42.1 Å². The van der Waals surface area contributed by atoms with Gasteiger partial charge in [-0.05, 0) is 11.6 Å². The summed E-state index contributed by atoms with van der Waals surface area (Å²) in [5.74, 6) is 1.40. The predicted octanol–water partition coefficient (Wildman–Crippen LogP) is 1.93. The van der Waals surface area contributed by atoms with Crippen LogP contribution >= 0.6 is 11.8 Å².